The van der Waals surface area contributed by atoms with Gasteiger partial charge in [0.05, 0.1) is 68.5 Å². The monoisotopic (exact) mass is 1130 g/mol. The Labute approximate surface area is 460 Å². The van der Waals surface area contributed by atoms with Crippen molar-refractivity contribution in [3.8, 4) is 0 Å². The molecular formula is C58H66N8O8S4. The lowest BCUT2D eigenvalue weighted by molar-refractivity contribution is 0.216. The summed E-state index contributed by atoms with van der Waals surface area (Å²) in [4.78, 5) is 14.4. The highest BCUT2D eigenvalue weighted by Gasteiger charge is 2.32. The molecule has 16 nitrogen and oxygen atoms in total. The van der Waals surface area contributed by atoms with Crippen molar-refractivity contribution >= 4 is 40.1 Å². The molecule has 410 valence electrons. The lowest BCUT2D eigenvalue weighted by atomic mass is 10.1. The minimum Gasteiger partial charge on any atom is -0.296 e. The van der Waals surface area contributed by atoms with Gasteiger partial charge in [-0.15, -0.1) is 0 Å². The predicted octanol–water partition coefficient (Wildman–Crippen LogP) is 7.51. The van der Waals surface area contributed by atoms with Gasteiger partial charge in [0, 0.05) is 65.4 Å². The maximum atomic E-state index is 14.5. The third-order valence-corrected chi connectivity index (χ3v) is 21.6. The lowest BCUT2D eigenvalue weighted by Crippen LogP contribution is -2.43. The first-order valence-electron chi connectivity index (χ1n) is 25.9. The van der Waals surface area contributed by atoms with E-state index in [4.69, 9.17) is 9.97 Å². The Morgan fingerprint density at radius 1 is 0.321 bits per heavy atom. The van der Waals surface area contributed by atoms with Gasteiger partial charge in [-0.25, -0.2) is 33.7 Å². The van der Waals surface area contributed by atoms with Crippen molar-refractivity contribution < 1.29 is 33.7 Å². The van der Waals surface area contributed by atoms with E-state index >= 15 is 0 Å². The van der Waals surface area contributed by atoms with Crippen molar-refractivity contribution in [2.45, 2.75) is 86.5 Å². The van der Waals surface area contributed by atoms with Crippen molar-refractivity contribution in [3.05, 3.63) is 214 Å². The zero-order valence-corrected chi connectivity index (χ0v) is 47.7. The SMILES string of the molecule is Cc1ccc(S(=O)(=O)N2CCN(Cc3cccc(CN4CCN(S(=O)(=O)c5ccc(C)cc5)Cc5cccc(n5)CN(S(=O)(=O)c5ccc(C)cc5)CC4)c3)CCN(S(=O)(=O)c3ccc(C)cc3)Cc3cccc(n3)C2)cc1. The lowest BCUT2D eigenvalue weighted by Gasteiger charge is -2.31. The van der Waals surface area contributed by atoms with Gasteiger partial charge in [0.1, 0.15) is 0 Å². The van der Waals surface area contributed by atoms with E-state index in [9.17, 15) is 33.7 Å². The summed E-state index contributed by atoms with van der Waals surface area (Å²) in [5, 5.41) is 0. The molecule has 0 saturated carbocycles. The second-order valence-electron chi connectivity index (χ2n) is 20.2. The van der Waals surface area contributed by atoms with E-state index in [1.165, 1.54) is 17.2 Å². The number of aryl methyl sites for hydroxylation is 4. The number of benzene rings is 5. The van der Waals surface area contributed by atoms with E-state index in [2.05, 4.69) is 9.80 Å². The molecule has 0 fully saturated rings. The summed E-state index contributed by atoms with van der Waals surface area (Å²) in [5.74, 6) is 0. The summed E-state index contributed by atoms with van der Waals surface area (Å²) >= 11 is 0. The van der Waals surface area contributed by atoms with Crippen molar-refractivity contribution in [2.24, 2.45) is 0 Å². The predicted molar refractivity (Wildman–Crippen MR) is 301 cm³/mol. The Bertz CT molecular complexity index is 3230. The molecule has 4 heterocycles. The molecule has 0 radical (unpaired) electrons. The molecule has 78 heavy (non-hydrogen) atoms. The number of aromatic nitrogens is 2. The summed E-state index contributed by atoms with van der Waals surface area (Å²) in [6, 6.07) is 45.5. The van der Waals surface area contributed by atoms with Gasteiger partial charge >= 0.3 is 0 Å². The van der Waals surface area contributed by atoms with E-state index in [0.717, 1.165) is 33.4 Å². The number of fused-ring (bicyclic) bond motifs is 4. The molecule has 7 aromatic rings. The highest BCUT2D eigenvalue weighted by atomic mass is 32.2. The first kappa shape index (κ1) is 56.7. The van der Waals surface area contributed by atoms with Crippen LogP contribution in [0.4, 0.5) is 0 Å². The molecule has 4 bridgehead atoms. The van der Waals surface area contributed by atoms with Crippen molar-refractivity contribution in [2.75, 3.05) is 52.4 Å². The Morgan fingerprint density at radius 3 is 0.795 bits per heavy atom. The topological polar surface area (TPSA) is 182 Å². The van der Waals surface area contributed by atoms with Gasteiger partial charge in [0.25, 0.3) is 0 Å². The standard InChI is InChI=1S/C58H66N8O8S4/c1-45-14-22-55(23-15-45)75(67,68)63-34-30-61(31-35-64(42-52-11-6-10-51(41-63)59-52)76(69,70)56-24-16-46(2)17-25-56)39-49-8-5-9-50(38-49)40-62-32-36-65(77(71,72)57-26-18-47(3)19-27-57)43-53-12-7-13-54(60-53)44-66(37-33-62)78(73,74)58-28-20-48(4)21-29-58/h5-29,38H,30-37,39-44H2,1-4H3. The van der Waals surface area contributed by atoms with Gasteiger partial charge in [0.2, 0.25) is 40.1 Å². The first-order chi connectivity index (χ1) is 37.2. The van der Waals surface area contributed by atoms with Gasteiger partial charge in [-0.3, -0.25) is 19.8 Å². The molecule has 0 spiro atoms. The summed E-state index contributed by atoms with van der Waals surface area (Å²) in [6.07, 6.45) is 0. The van der Waals surface area contributed by atoms with Crippen LogP contribution < -0.4 is 0 Å². The maximum Gasteiger partial charge on any atom is 0.243 e. The average Bonchev–Trinajstić information content (AvgIpc) is 3.45. The van der Waals surface area contributed by atoms with Crippen LogP contribution in [0.2, 0.25) is 0 Å². The number of sulfonamides is 4. The molecule has 2 aliphatic rings. The number of hydrogen-bond acceptors (Lipinski definition) is 12. The van der Waals surface area contributed by atoms with E-state index in [-0.39, 0.29) is 98.1 Å². The number of nitrogens with zero attached hydrogens (tertiary/aromatic N) is 8. The molecular weight excluding hydrogens is 1060 g/mol. The molecule has 9 rings (SSSR count). The number of hydrogen-bond donors (Lipinski definition) is 0. The molecule has 5 aromatic carbocycles. The van der Waals surface area contributed by atoms with Crippen LogP contribution in [0, 0.1) is 27.7 Å². The Balaban J connectivity index is 1.03. The zero-order chi connectivity index (χ0) is 55.2. The molecule has 2 aliphatic heterocycles. The highest BCUT2D eigenvalue weighted by molar-refractivity contribution is 7.90. The fourth-order valence-corrected chi connectivity index (χ4v) is 15.2. The Hall–Kier alpha value is -6.04. The molecule has 0 aliphatic carbocycles. The quantitative estimate of drug-likeness (QED) is 0.118. The fourth-order valence-electron chi connectivity index (χ4n) is 9.60. The Morgan fingerprint density at radius 2 is 0.551 bits per heavy atom. The van der Waals surface area contributed by atoms with Crippen LogP contribution in [0.5, 0.6) is 0 Å². The van der Waals surface area contributed by atoms with E-state index in [1.54, 1.807) is 133 Å². The summed E-state index contributed by atoms with van der Waals surface area (Å²) in [7, 11) is -16.0. The van der Waals surface area contributed by atoms with E-state index in [1.807, 2.05) is 52.0 Å². The van der Waals surface area contributed by atoms with Crippen molar-refractivity contribution in [1.82, 2.24) is 37.0 Å². The zero-order valence-electron chi connectivity index (χ0n) is 44.4. The van der Waals surface area contributed by atoms with Crippen molar-refractivity contribution in [3.63, 3.8) is 0 Å². The average molecular weight is 1130 g/mol. The van der Waals surface area contributed by atoms with Gasteiger partial charge in [-0.1, -0.05) is 107 Å². The maximum absolute atomic E-state index is 14.5. The van der Waals surface area contributed by atoms with Crippen LogP contribution in [-0.2, 0) is 79.4 Å². The molecule has 0 amide bonds. The van der Waals surface area contributed by atoms with Gasteiger partial charge in [-0.05, 0) is 112 Å². The fraction of sp³-hybridized carbons (Fsp3) is 0.310. The molecule has 0 atom stereocenters. The number of rotatable bonds is 12. The summed E-state index contributed by atoms with van der Waals surface area (Å²) in [6.45, 7) is 9.35. The normalized spacial score (nSPS) is 17.1. The summed E-state index contributed by atoms with van der Waals surface area (Å²) in [5.41, 5.74) is 7.37. The highest BCUT2D eigenvalue weighted by Crippen LogP contribution is 2.26. The van der Waals surface area contributed by atoms with Crippen molar-refractivity contribution in [1.29, 1.82) is 0 Å². The van der Waals surface area contributed by atoms with Gasteiger partial charge in [0.15, 0.2) is 0 Å². The molecule has 0 unspecified atom stereocenters. The van der Waals surface area contributed by atoms with Crippen LogP contribution in [-0.4, -0.2) is 123 Å². The third-order valence-electron chi connectivity index (χ3n) is 14.2. The molecule has 20 heteroatoms. The number of pyridine rings is 2. The van der Waals surface area contributed by atoms with Crippen LogP contribution >= 0.6 is 0 Å². The molecule has 2 aromatic heterocycles. The Kier molecular flexibility index (Phi) is 17.5. The van der Waals surface area contributed by atoms with Crippen LogP contribution in [0.1, 0.15) is 56.2 Å². The molecule has 0 N–H and O–H groups in total. The van der Waals surface area contributed by atoms with Crippen LogP contribution in [0.25, 0.3) is 0 Å². The first-order valence-corrected chi connectivity index (χ1v) is 31.7. The van der Waals surface area contributed by atoms with Gasteiger partial charge in [-0.2, -0.15) is 17.2 Å². The van der Waals surface area contributed by atoms with Gasteiger partial charge < -0.3 is 0 Å². The smallest absolute Gasteiger partial charge is 0.243 e. The minimum absolute atomic E-state index is 0.0379. The second-order valence-corrected chi connectivity index (χ2v) is 28.0. The van der Waals surface area contributed by atoms with E-state index < -0.39 is 40.1 Å². The largest absolute Gasteiger partial charge is 0.296 e. The minimum atomic E-state index is -4.01. The van der Waals surface area contributed by atoms with Crippen LogP contribution in [0.15, 0.2) is 177 Å². The van der Waals surface area contributed by atoms with Crippen LogP contribution in [0.3, 0.4) is 0 Å². The third kappa shape index (κ3) is 13.7. The molecule has 0 saturated heterocycles. The summed E-state index contributed by atoms with van der Waals surface area (Å²) < 4.78 is 121. The second kappa shape index (κ2) is 24.1. The van der Waals surface area contributed by atoms with E-state index in [0.29, 0.717) is 35.9 Å².